The Bertz CT molecular complexity index is 615. The van der Waals surface area contributed by atoms with E-state index < -0.39 is 5.97 Å². The summed E-state index contributed by atoms with van der Waals surface area (Å²) in [4.78, 5) is 10.7. The number of aromatic nitrogens is 3. The monoisotopic (exact) mass is 403 g/mol. The second-order valence-corrected chi connectivity index (χ2v) is 6.22. The van der Waals surface area contributed by atoms with E-state index in [4.69, 9.17) is 5.11 Å². The molecule has 0 unspecified atom stereocenters. The third-order valence-corrected chi connectivity index (χ3v) is 4.42. The van der Waals surface area contributed by atoms with Gasteiger partial charge < -0.3 is 5.11 Å². The van der Waals surface area contributed by atoms with Crippen molar-refractivity contribution in [2.45, 2.75) is 24.9 Å². The molecule has 0 atom stereocenters. The molecule has 7 heteroatoms. The van der Waals surface area contributed by atoms with Gasteiger partial charge in [-0.1, -0.05) is 30.8 Å². The molecule has 1 N–H and O–H groups in total. The first-order valence-corrected chi connectivity index (χ1v) is 8.23. The average molecular weight is 403 g/mol. The lowest BCUT2D eigenvalue weighted by Gasteiger charge is -2.11. The van der Waals surface area contributed by atoms with Crippen molar-refractivity contribution in [3.05, 3.63) is 33.7 Å². The molecule has 0 aliphatic heterocycles. The first kappa shape index (κ1) is 15.3. The maximum atomic E-state index is 10.7. The largest absolute Gasteiger partial charge is 0.481 e. The molecule has 0 bridgehead atoms. The number of thioether (sulfide) groups is 1. The highest BCUT2D eigenvalue weighted by atomic mass is 127. The van der Waals surface area contributed by atoms with Crippen LogP contribution < -0.4 is 0 Å². The Hall–Kier alpha value is -1.09. The summed E-state index contributed by atoms with van der Waals surface area (Å²) in [6.45, 7) is 2.08. The maximum absolute atomic E-state index is 10.7. The third-order valence-electron chi connectivity index (χ3n) is 2.59. The van der Waals surface area contributed by atoms with Crippen LogP contribution in [0.3, 0.4) is 0 Å². The van der Waals surface area contributed by atoms with Gasteiger partial charge in [0.05, 0.1) is 11.4 Å². The molecule has 0 fully saturated rings. The molecule has 0 saturated carbocycles. The predicted octanol–water partition coefficient (Wildman–Crippen LogP) is 3.00. The second kappa shape index (κ2) is 7.07. The summed E-state index contributed by atoms with van der Waals surface area (Å²) in [5.41, 5.74) is 0.995. The number of hydrogen-bond donors (Lipinski definition) is 1. The van der Waals surface area contributed by atoms with E-state index in [2.05, 4.69) is 39.7 Å². The molecular weight excluding hydrogens is 389 g/mol. The lowest BCUT2D eigenvalue weighted by atomic mass is 10.3. The number of rotatable bonds is 6. The number of nitrogens with zero attached hydrogens (tertiary/aromatic N) is 3. The van der Waals surface area contributed by atoms with Gasteiger partial charge >= 0.3 is 5.97 Å². The minimum Gasteiger partial charge on any atom is -0.481 e. The van der Waals surface area contributed by atoms with Crippen molar-refractivity contribution in [2.24, 2.45) is 0 Å². The molecule has 0 amide bonds. The van der Waals surface area contributed by atoms with Crippen molar-refractivity contribution in [3.63, 3.8) is 0 Å². The zero-order valence-electron chi connectivity index (χ0n) is 10.9. The molecule has 0 radical (unpaired) electrons. The van der Waals surface area contributed by atoms with E-state index in [0.717, 1.165) is 27.9 Å². The predicted molar refractivity (Wildman–Crippen MR) is 86.4 cm³/mol. The SMILES string of the molecule is CCCc1nnc(SCC(=O)O)n1-c1ccccc1I. The number of aliphatic carboxylic acids is 1. The fourth-order valence-corrected chi connectivity index (χ4v) is 3.09. The van der Waals surface area contributed by atoms with Gasteiger partial charge in [0.1, 0.15) is 5.82 Å². The molecule has 0 saturated heterocycles. The molecule has 1 heterocycles. The van der Waals surface area contributed by atoms with Crippen LogP contribution in [0.1, 0.15) is 19.2 Å². The molecular formula is C13H14IN3O2S. The van der Waals surface area contributed by atoms with Gasteiger partial charge in [-0.2, -0.15) is 0 Å². The number of hydrogen-bond acceptors (Lipinski definition) is 4. The standard InChI is InChI=1S/C13H14IN3O2S/c1-2-5-11-15-16-13(20-8-12(18)19)17(11)10-7-4-3-6-9(10)14/h3-4,6-7H,2,5,8H2,1H3,(H,18,19). The van der Waals surface area contributed by atoms with Gasteiger partial charge in [0.25, 0.3) is 0 Å². The highest BCUT2D eigenvalue weighted by Crippen LogP contribution is 2.25. The fraction of sp³-hybridized carbons (Fsp3) is 0.308. The quantitative estimate of drug-likeness (QED) is 0.594. The third kappa shape index (κ3) is 3.51. The maximum Gasteiger partial charge on any atom is 0.313 e. The molecule has 1 aromatic carbocycles. The Morgan fingerprint density at radius 3 is 2.80 bits per heavy atom. The van der Waals surface area contributed by atoms with Crippen LogP contribution in [0.25, 0.3) is 5.69 Å². The normalized spacial score (nSPS) is 10.7. The minimum absolute atomic E-state index is 0.0202. The first-order valence-electron chi connectivity index (χ1n) is 6.17. The highest BCUT2D eigenvalue weighted by molar-refractivity contribution is 14.1. The number of para-hydroxylation sites is 1. The van der Waals surface area contributed by atoms with E-state index >= 15 is 0 Å². The Balaban J connectivity index is 2.44. The number of carboxylic acids is 1. The van der Waals surface area contributed by atoms with Gasteiger partial charge in [0, 0.05) is 9.99 Å². The summed E-state index contributed by atoms with van der Waals surface area (Å²) in [5, 5.41) is 17.8. The average Bonchev–Trinajstić information content (AvgIpc) is 2.80. The van der Waals surface area contributed by atoms with Crippen LogP contribution in [0.15, 0.2) is 29.4 Å². The molecule has 0 spiro atoms. The number of aryl methyl sites for hydroxylation is 1. The zero-order chi connectivity index (χ0) is 14.5. The van der Waals surface area contributed by atoms with Crippen LogP contribution in [0.2, 0.25) is 0 Å². The van der Waals surface area contributed by atoms with Gasteiger partial charge in [0.15, 0.2) is 5.16 Å². The summed E-state index contributed by atoms with van der Waals surface area (Å²) < 4.78 is 3.04. The second-order valence-electron chi connectivity index (χ2n) is 4.12. The van der Waals surface area contributed by atoms with Gasteiger partial charge in [-0.25, -0.2) is 0 Å². The molecule has 2 aromatic rings. The molecule has 20 heavy (non-hydrogen) atoms. The summed E-state index contributed by atoms with van der Waals surface area (Å²) in [6.07, 6.45) is 1.77. The van der Waals surface area contributed by atoms with E-state index in [1.54, 1.807) is 0 Å². The molecule has 1 aromatic heterocycles. The first-order chi connectivity index (χ1) is 9.63. The highest BCUT2D eigenvalue weighted by Gasteiger charge is 2.16. The van der Waals surface area contributed by atoms with Gasteiger partial charge in [-0.05, 0) is 41.1 Å². The molecule has 0 aliphatic carbocycles. The van der Waals surface area contributed by atoms with Gasteiger partial charge in [-0.15, -0.1) is 10.2 Å². The number of benzene rings is 1. The Labute approximate surface area is 134 Å². The van der Waals surface area contributed by atoms with Crippen molar-refractivity contribution in [1.82, 2.24) is 14.8 Å². The zero-order valence-corrected chi connectivity index (χ0v) is 13.9. The lowest BCUT2D eigenvalue weighted by Crippen LogP contribution is -2.06. The smallest absolute Gasteiger partial charge is 0.313 e. The Morgan fingerprint density at radius 1 is 1.40 bits per heavy atom. The van der Waals surface area contributed by atoms with E-state index in [-0.39, 0.29) is 5.75 Å². The number of halogens is 1. The van der Waals surface area contributed by atoms with Crippen LogP contribution >= 0.6 is 34.4 Å². The van der Waals surface area contributed by atoms with Crippen molar-refractivity contribution in [3.8, 4) is 5.69 Å². The fourth-order valence-electron chi connectivity index (χ4n) is 1.78. The molecule has 106 valence electrons. The molecule has 5 nitrogen and oxygen atoms in total. The van der Waals surface area contributed by atoms with Crippen molar-refractivity contribution >= 4 is 40.3 Å². The molecule has 2 rings (SSSR count). The Morgan fingerprint density at radius 2 is 2.15 bits per heavy atom. The number of carboxylic acid groups (broad SMARTS) is 1. The minimum atomic E-state index is -0.857. The van der Waals surface area contributed by atoms with Crippen molar-refractivity contribution in [2.75, 3.05) is 5.75 Å². The molecule has 0 aliphatic rings. The van der Waals surface area contributed by atoms with Crippen molar-refractivity contribution in [1.29, 1.82) is 0 Å². The summed E-state index contributed by atoms with van der Waals surface area (Å²) in [6, 6.07) is 7.93. The number of carbonyl (C=O) groups is 1. The van der Waals surface area contributed by atoms with E-state index in [1.165, 1.54) is 11.8 Å². The van der Waals surface area contributed by atoms with Crippen LogP contribution in [0.5, 0.6) is 0 Å². The topological polar surface area (TPSA) is 68.0 Å². The van der Waals surface area contributed by atoms with E-state index in [9.17, 15) is 4.79 Å². The van der Waals surface area contributed by atoms with Crippen LogP contribution in [-0.2, 0) is 11.2 Å². The van der Waals surface area contributed by atoms with Gasteiger partial charge in [0.2, 0.25) is 0 Å². The van der Waals surface area contributed by atoms with E-state index in [0.29, 0.717) is 5.16 Å². The summed E-state index contributed by atoms with van der Waals surface area (Å²) in [7, 11) is 0. The Kier molecular flexibility index (Phi) is 5.41. The summed E-state index contributed by atoms with van der Waals surface area (Å²) in [5.74, 6) is -0.0120. The van der Waals surface area contributed by atoms with Crippen molar-refractivity contribution < 1.29 is 9.90 Å². The summed E-state index contributed by atoms with van der Waals surface area (Å²) >= 11 is 3.45. The van der Waals surface area contributed by atoms with Gasteiger partial charge in [-0.3, -0.25) is 9.36 Å². The lowest BCUT2D eigenvalue weighted by molar-refractivity contribution is -0.133. The van der Waals surface area contributed by atoms with E-state index in [1.807, 2.05) is 28.8 Å². The van der Waals surface area contributed by atoms with Crippen LogP contribution in [-0.4, -0.2) is 31.6 Å². The van der Waals surface area contributed by atoms with Crippen LogP contribution in [0.4, 0.5) is 0 Å². The van der Waals surface area contributed by atoms with Crippen LogP contribution in [0, 0.1) is 3.57 Å².